The van der Waals surface area contributed by atoms with Gasteiger partial charge in [0.1, 0.15) is 23.1 Å². The smallest absolute Gasteiger partial charge is 0.265 e. The summed E-state index contributed by atoms with van der Waals surface area (Å²) in [7, 11) is 1.16. The largest absolute Gasteiger partial charge is 0.487 e. The van der Waals surface area contributed by atoms with Gasteiger partial charge < -0.3 is 4.74 Å². The van der Waals surface area contributed by atoms with E-state index in [1.165, 1.54) is 6.07 Å². The highest BCUT2D eigenvalue weighted by Gasteiger charge is 2.18. The quantitative estimate of drug-likeness (QED) is 0.794. The zero-order valence-electron chi connectivity index (χ0n) is 10.0. The molecule has 0 fully saturated rings. The lowest BCUT2D eigenvalue weighted by Crippen LogP contribution is -2.01. The van der Waals surface area contributed by atoms with Crippen LogP contribution in [0.5, 0.6) is 5.75 Å². The van der Waals surface area contributed by atoms with Crippen molar-refractivity contribution in [3.05, 3.63) is 58.9 Å². The van der Waals surface area contributed by atoms with Gasteiger partial charge in [-0.1, -0.05) is 23.7 Å². The van der Waals surface area contributed by atoms with Crippen LogP contribution in [0.2, 0.25) is 5.02 Å². The Morgan fingerprint density at radius 1 is 1.15 bits per heavy atom. The van der Waals surface area contributed by atoms with Crippen LogP contribution in [0.25, 0.3) is 0 Å². The summed E-state index contributed by atoms with van der Waals surface area (Å²) in [6.45, 7) is 0.0889. The fourth-order valence-electron chi connectivity index (χ4n) is 1.58. The van der Waals surface area contributed by atoms with Crippen LogP contribution in [0.4, 0.5) is 4.39 Å². The van der Waals surface area contributed by atoms with Crippen LogP contribution in [-0.2, 0) is 15.7 Å². The molecule has 0 heterocycles. The number of hydrogen-bond donors (Lipinski definition) is 0. The summed E-state index contributed by atoms with van der Waals surface area (Å²) in [5.74, 6) is -0.722. The molecule has 0 saturated heterocycles. The molecule has 0 N–H and O–H groups in total. The Kier molecular flexibility index (Phi) is 4.52. The predicted octanol–water partition coefficient (Wildman–Crippen LogP) is 3.99. The van der Waals surface area contributed by atoms with E-state index in [4.69, 9.17) is 27.0 Å². The number of rotatable bonds is 4. The zero-order valence-corrected chi connectivity index (χ0v) is 12.3. The van der Waals surface area contributed by atoms with Gasteiger partial charge in [0.05, 0.1) is 0 Å². The van der Waals surface area contributed by atoms with Crippen molar-refractivity contribution >= 4 is 31.3 Å². The molecular formula is C13H9Cl2FO3S. The summed E-state index contributed by atoms with van der Waals surface area (Å²) in [5.41, 5.74) is 0.750. The average Bonchev–Trinajstić information content (AvgIpc) is 2.36. The molecule has 7 heteroatoms. The van der Waals surface area contributed by atoms with Crippen LogP contribution >= 0.6 is 22.3 Å². The van der Waals surface area contributed by atoms with E-state index in [-0.39, 0.29) is 12.4 Å². The van der Waals surface area contributed by atoms with Crippen molar-refractivity contribution in [1.82, 2.24) is 0 Å². The van der Waals surface area contributed by atoms with E-state index in [1.54, 1.807) is 24.3 Å². The molecular weight excluding hydrogens is 326 g/mol. The van der Waals surface area contributed by atoms with Gasteiger partial charge in [0, 0.05) is 15.7 Å². The first-order valence-electron chi connectivity index (χ1n) is 5.48. The Morgan fingerprint density at radius 2 is 1.90 bits per heavy atom. The molecule has 0 spiro atoms. The van der Waals surface area contributed by atoms with Gasteiger partial charge in [0.15, 0.2) is 0 Å². The SMILES string of the molecule is O=S(=O)(Cl)c1cc(F)ccc1OCc1cccc(Cl)c1. The normalized spacial score (nSPS) is 11.3. The van der Waals surface area contributed by atoms with Crippen LogP contribution in [0, 0.1) is 5.82 Å². The minimum Gasteiger partial charge on any atom is -0.487 e. The van der Waals surface area contributed by atoms with E-state index in [0.717, 1.165) is 17.7 Å². The maximum absolute atomic E-state index is 13.1. The molecule has 0 aliphatic heterocycles. The van der Waals surface area contributed by atoms with Crippen molar-refractivity contribution in [3.63, 3.8) is 0 Å². The van der Waals surface area contributed by atoms with Gasteiger partial charge in [-0.05, 0) is 35.9 Å². The van der Waals surface area contributed by atoms with Gasteiger partial charge in [0.25, 0.3) is 9.05 Å². The average molecular weight is 335 g/mol. The lowest BCUT2D eigenvalue weighted by molar-refractivity contribution is 0.297. The van der Waals surface area contributed by atoms with Gasteiger partial charge in [0.2, 0.25) is 0 Å². The Hall–Kier alpha value is -1.30. The minimum atomic E-state index is -4.09. The Labute approximate surface area is 125 Å². The molecule has 3 nitrogen and oxygen atoms in total. The molecule has 0 atom stereocenters. The molecule has 0 unspecified atom stereocenters. The van der Waals surface area contributed by atoms with Crippen LogP contribution in [0.1, 0.15) is 5.56 Å². The van der Waals surface area contributed by atoms with E-state index < -0.39 is 19.8 Å². The second-order valence-corrected chi connectivity index (χ2v) is 6.92. The van der Waals surface area contributed by atoms with Gasteiger partial charge in [-0.2, -0.15) is 0 Å². The van der Waals surface area contributed by atoms with Crippen LogP contribution in [-0.4, -0.2) is 8.42 Å². The highest BCUT2D eigenvalue weighted by Crippen LogP contribution is 2.28. The summed E-state index contributed by atoms with van der Waals surface area (Å²) < 4.78 is 41.2. The molecule has 0 amide bonds. The molecule has 0 aliphatic carbocycles. The first kappa shape index (κ1) is 15.1. The van der Waals surface area contributed by atoms with Crippen molar-refractivity contribution in [2.45, 2.75) is 11.5 Å². The molecule has 0 aliphatic rings. The van der Waals surface area contributed by atoms with E-state index in [2.05, 4.69) is 0 Å². The van der Waals surface area contributed by atoms with Crippen molar-refractivity contribution in [2.75, 3.05) is 0 Å². The number of ether oxygens (including phenoxy) is 1. The van der Waals surface area contributed by atoms with E-state index in [9.17, 15) is 12.8 Å². The fourth-order valence-corrected chi connectivity index (χ4v) is 2.77. The molecule has 0 saturated carbocycles. The Bertz CT molecular complexity index is 732. The first-order valence-corrected chi connectivity index (χ1v) is 8.16. The third-order valence-electron chi connectivity index (χ3n) is 2.45. The highest BCUT2D eigenvalue weighted by atomic mass is 35.7. The summed E-state index contributed by atoms with van der Waals surface area (Å²) in [4.78, 5) is -0.402. The van der Waals surface area contributed by atoms with Gasteiger partial charge in [-0.25, -0.2) is 12.8 Å². The third-order valence-corrected chi connectivity index (χ3v) is 4.03. The zero-order chi connectivity index (χ0) is 14.8. The van der Waals surface area contributed by atoms with Crippen molar-refractivity contribution < 1.29 is 17.5 Å². The fraction of sp³-hybridized carbons (Fsp3) is 0.0769. The molecule has 0 radical (unpaired) electrons. The van der Waals surface area contributed by atoms with Crippen molar-refractivity contribution in [1.29, 1.82) is 0 Å². The van der Waals surface area contributed by atoms with E-state index in [1.807, 2.05) is 0 Å². The van der Waals surface area contributed by atoms with Crippen LogP contribution in [0.3, 0.4) is 0 Å². The highest BCUT2D eigenvalue weighted by molar-refractivity contribution is 8.13. The maximum Gasteiger partial charge on any atom is 0.265 e. The number of benzene rings is 2. The molecule has 2 aromatic rings. The Morgan fingerprint density at radius 3 is 2.55 bits per heavy atom. The summed E-state index contributed by atoms with van der Waals surface area (Å²) >= 11 is 5.83. The maximum atomic E-state index is 13.1. The lowest BCUT2D eigenvalue weighted by Gasteiger charge is -2.10. The summed E-state index contributed by atoms with van der Waals surface area (Å²) in [6, 6.07) is 10.0. The first-order chi connectivity index (χ1) is 9.36. The number of halogens is 3. The van der Waals surface area contributed by atoms with Crippen LogP contribution in [0.15, 0.2) is 47.4 Å². The minimum absolute atomic E-state index is 0.0126. The monoisotopic (exact) mass is 334 g/mol. The second kappa shape index (κ2) is 5.99. The Balaban J connectivity index is 2.26. The van der Waals surface area contributed by atoms with Crippen molar-refractivity contribution in [2.24, 2.45) is 0 Å². The summed E-state index contributed by atoms with van der Waals surface area (Å²) in [6.07, 6.45) is 0. The molecule has 106 valence electrons. The molecule has 20 heavy (non-hydrogen) atoms. The summed E-state index contributed by atoms with van der Waals surface area (Å²) in [5, 5.41) is 0.537. The molecule has 2 aromatic carbocycles. The predicted molar refractivity (Wildman–Crippen MR) is 75.2 cm³/mol. The number of hydrogen-bond acceptors (Lipinski definition) is 3. The standard InChI is InChI=1S/C13H9Cl2FO3S/c14-10-3-1-2-9(6-10)8-19-12-5-4-11(16)7-13(12)20(15,17)18/h1-7H,8H2. The molecule has 0 bridgehead atoms. The van der Waals surface area contributed by atoms with E-state index in [0.29, 0.717) is 5.02 Å². The van der Waals surface area contributed by atoms with Gasteiger partial charge in [-0.15, -0.1) is 0 Å². The lowest BCUT2D eigenvalue weighted by atomic mass is 10.2. The third kappa shape index (κ3) is 3.85. The molecule has 2 rings (SSSR count). The molecule has 0 aromatic heterocycles. The van der Waals surface area contributed by atoms with Gasteiger partial charge >= 0.3 is 0 Å². The van der Waals surface area contributed by atoms with Crippen LogP contribution < -0.4 is 4.74 Å². The van der Waals surface area contributed by atoms with Gasteiger partial charge in [-0.3, -0.25) is 0 Å². The van der Waals surface area contributed by atoms with E-state index >= 15 is 0 Å². The topological polar surface area (TPSA) is 43.4 Å². The van der Waals surface area contributed by atoms with Crippen molar-refractivity contribution in [3.8, 4) is 5.75 Å². The second-order valence-electron chi connectivity index (χ2n) is 3.95.